The zero-order valence-electron chi connectivity index (χ0n) is 12.2. The zero-order valence-corrected chi connectivity index (χ0v) is 12.2. The Bertz CT molecular complexity index is 598. The average molecular weight is 265 g/mol. The molecule has 0 N–H and O–H groups in total. The molecule has 0 spiro atoms. The van der Waals surface area contributed by atoms with Crippen LogP contribution in [0.5, 0.6) is 5.75 Å². The normalized spacial score (nSPS) is 10.9. The van der Waals surface area contributed by atoms with Crippen LogP contribution in [0.25, 0.3) is 0 Å². The van der Waals surface area contributed by atoms with Gasteiger partial charge in [-0.3, -0.25) is 0 Å². The van der Waals surface area contributed by atoms with Gasteiger partial charge in [0.15, 0.2) is 0 Å². The predicted octanol–water partition coefficient (Wildman–Crippen LogP) is 4.43. The molecule has 0 aromatic heterocycles. The maximum atomic E-state index is 8.74. The van der Waals surface area contributed by atoms with E-state index in [0.717, 1.165) is 11.3 Å². The van der Waals surface area contributed by atoms with E-state index in [1.54, 1.807) is 12.1 Å². The van der Waals surface area contributed by atoms with Gasteiger partial charge in [0.05, 0.1) is 11.6 Å². The van der Waals surface area contributed by atoms with Gasteiger partial charge in [-0.1, -0.05) is 45.0 Å². The summed E-state index contributed by atoms with van der Waals surface area (Å²) in [6.07, 6.45) is 0. The molecule has 0 saturated carbocycles. The van der Waals surface area contributed by atoms with Gasteiger partial charge in [0.1, 0.15) is 12.4 Å². The molecule has 0 saturated heterocycles. The minimum absolute atomic E-state index is 0.173. The van der Waals surface area contributed by atoms with E-state index >= 15 is 0 Å². The summed E-state index contributed by atoms with van der Waals surface area (Å²) in [6.45, 7) is 7.15. The topological polar surface area (TPSA) is 33.0 Å². The first-order valence-electron chi connectivity index (χ1n) is 6.71. The van der Waals surface area contributed by atoms with Gasteiger partial charge >= 0.3 is 0 Å². The molecule has 0 aliphatic carbocycles. The Morgan fingerprint density at radius 3 is 2.05 bits per heavy atom. The van der Waals surface area contributed by atoms with Crippen LogP contribution in [0.1, 0.15) is 37.5 Å². The van der Waals surface area contributed by atoms with Gasteiger partial charge < -0.3 is 4.74 Å². The van der Waals surface area contributed by atoms with E-state index in [2.05, 4.69) is 51.1 Å². The molecular weight excluding hydrogens is 246 g/mol. The van der Waals surface area contributed by atoms with Gasteiger partial charge in [-0.2, -0.15) is 5.26 Å². The van der Waals surface area contributed by atoms with Crippen LogP contribution in [0, 0.1) is 11.3 Å². The number of nitrogens with zero attached hydrogens (tertiary/aromatic N) is 1. The third-order valence-corrected chi connectivity index (χ3v) is 3.21. The van der Waals surface area contributed by atoms with Crippen LogP contribution in [-0.2, 0) is 12.0 Å². The predicted molar refractivity (Wildman–Crippen MR) is 80.6 cm³/mol. The van der Waals surface area contributed by atoms with Crippen molar-refractivity contribution in [3.63, 3.8) is 0 Å². The summed E-state index contributed by atoms with van der Waals surface area (Å²) < 4.78 is 5.71. The lowest BCUT2D eigenvalue weighted by Crippen LogP contribution is -2.10. The summed E-state index contributed by atoms with van der Waals surface area (Å²) in [5.41, 5.74) is 3.28. The van der Waals surface area contributed by atoms with Crippen LogP contribution in [-0.4, -0.2) is 0 Å². The summed E-state index contributed by atoms with van der Waals surface area (Å²) in [7, 11) is 0. The Morgan fingerprint density at radius 2 is 1.55 bits per heavy atom. The van der Waals surface area contributed by atoms with Crippen molar-refractivity contribution in [3.8, 4) is 11.8 Å². The molecule has 2 nitrogen and oxygen atoms in total. The molecule has 0 bridgehead atoms. The Hall–Kier alpha value is -2.27. The summed E-state index contributed by atoms with van der Waals surface area (Å²) in [5, 5.41) is 8.74. The second-order valence-corrected chi connectivity index (χ2v) is 5.87. The molecular formula is C18H19NO. The van der Waals surface area contributed by atoms with Gasteiger partial charge in [0.25, 0.3) is 0 Å². The molecule has 0 radical (unpaired) electrons. The SMILES string of the molecule is CC(C)(C)c1ccc(COc2ccc(C#N)cc2)cc1. The molecule has 102 valence electrons. The zero-order chi connectivity index (χ0) is 14.6. The molecule has 2 aromatic rings. The molecule has 2 heteroatoms. The van der Waals surface area contributed by atoms with Crippen LogP contribution < -0.4 is 4.74 Å². The largest absolute Gasteiger partial charge is 0.489 e. The van der Waals surface area contributed by atoms with Crippen molar-refractivity contribution in [1.82, 2.24) is 0 Å². The number of hydrogen-bond donors (Lipinski definition) is 0. The fraction of sp³-hybridized carbons (Fsp3) is 0.278. The van der Waals surface area contributed by atoms with Gasteiger partial charge in [-0.15, -0.1) is 0 Å². The van der Waals surface area contributed by atoms with E-state index in [4.69, 9.17) is 10.00 Å². The van der Waals surface area contributed by atoms with Crippen LogP contribution in [0.2, 0.25) is 0 Å². The van der Waals surface area contributed by atoms with E-state index in [1.807, 2.05) is 12.1 Å². The number of nitriles is 1. The van der Waals surface area contributed by atoms with Gasteiger partial charge in [0, 0.05) is 0 Å². The van der Waals surface area contributed by atoms with E-state index < -0.39 is 0 Å². The molecule has 0 unspecified atom stereocenters. The molecule has 0 aliphatic rings. The van der Waals surface area contributed by atoms with E-state index in [9.17, 15) is 0 Å². The molecule has 0 amide bonds. The van der Waals surface area contributed by atoms with Crippen molar-refractivity contribution in [2.24, 2.45) is 0 Å². The molecule has 0 fully saturated rings. The summed E-state index contributed by atoms with van der Waals surface area (Å²) in [4.78, 5) is 0. The highest BCUT2D eigenvalue weighted by Gasteiger charge is 2.12. The highest BCUT2D eigenvalue weighted by Crippen LogP contribution is 2.22. The molecule has 0 aliphatic heterocycles. The third kappa shape index (κ3) is 3.61. The van der Waals surface area contributed by atoms with Gasteiger partial charge in [-0.05, 0) is 40.8 Å². The molecule has 2 rings (SSSR count). The lowest BCUT2D eigenvalue weighted by atomic mass is 9.87. The Morgan fingerprint density at radius 1 is 0.950 bits per heavy atom. The van der Waals surface area contributed by atoms with E-state index in [1.165, 1.54) is 5.56 Å². The summed E-state index contributed by atoms with van der Waals surface area (Å²) in [6, 6.07) is 17.8. The first-order valence-corrected chi connectivity index (χ1v) is 6.71. The van der Waals surface area contributed by atoms with E-state index in [-0.39, 0.29) is 5.41 Å². The fourth-order valence-corrected chi connectivity index (χ4v) is 1.89. The Balaban J connectivity index is 1.98. The summed E-state index contributed by atoms with van der Waals surface area (Å²) >= 11 is 0. The second kappa shape index (κ2) is 5.79. The first kappa shape index (κ1) is 14.1. The van der Waals surface area contributed by atoms with E-state index in [0.29, 0.717) is 12.2 Å². The minimum atomic E-state index is 0.173. The van der Waals surface area contributed by atoms with Crippen LogP contribution in [0.3, 0.4) is 0 Å². The van der Waals surface area contributed by atoms with Crippen LogP contribution in [0.15, 0.2) is 48.5 Å². The smallest absolute Gasteiger partial charge is 0.119 e. The van der Waals surface area contributed by atoms with Gasteiger partial charge in [0.2, 0.25) is 0 Å². The molecule has 2 aromatic carbocycles. The minimum Gasteiger partial charge on any atom is -0.489 e. The number of hydrogen-bond acceptors (Lipinski definition) is 2. The van der Waals surface area contributed by atoms with Crippen molar-refractivity contribution in [2.75, 3.05) is 0 Å². The number of rotatable bonds is 3. The first-order chi connectivity index (χ1) is 9.49. The number of benzene rings is 2. The number of ether oxygens (including phenoxy) is 1. The average Bonchev–Trinajstić information content (AvgIpc) is 2.45. The Kier molecular flexibility index (Phi) is 4.10. The molecule has 0 heterocycles. The van der Waals surface area contributed by atoms with Crippen molar-refractivity contribution in [3.05, 3.63) is 65.2 Å². The lowest BCUT2D eigenvalue weighted by molar-refractivity contribution is 0.306. The third-order valence-electron chi connectivity index (χ3n) is 3.21. The molecule has 20 heavy (non-hydrogen) atoms. The Labute approximate surface area is 120 Å². The molecule has 0 atom stereocenters. The maximum absolute atomic E-state index is 8.74. The van der Waals surface area contributed by atoms with Crippen molar-refractivity contribution < 1.29 is 4.74 Å². The highest BCUT2D eigenvalue weighted by molar-refractivity contribution is 5.34. The fourth-order valence-electron chi connectivity index (χ4n) is 1.89. The van der Waals surface area contributed by atoms with Crippen LogP contribution in [0.4, 0.5) is 0 Å². The van der Waals surface area contributed by atoms with Crippen molar-refractivity contribution in [1.29, 1.82) is 5.26 Å². The van der Waals surface area contributed by atoms with Crippen LogP contribution >= 0.6 is 0 Å². The monoisotopic (exact) mass is 265 g/mol. The highest BCUT2D eigenvalue weighted by atomic mass is 16.5. The quantitative estimate of drug-likeness (QED) is 0.822. The van der Waals surface area contributed by atoms with Crippen molar-refractivity contribution >= 4 is 0 Å². The second-order valence-electron chi connectivity index (χ2n) is 5.87. The van der Waals surface area contributed by atoms with Crippen molar-refractivity contribution in [2.45, 2.75) is 32.8 Å². The lowest BCUT2D eigenvalue weighted by Gasteiger charge is -2.19. The van der Waals surface area contributed by atoms with Gasteiger partial charge in [-0.25, -0.2) is 0 Å². The standard InChI is InChI=1S/C18H19NO/c1-18(2,3)16-8-4-15(5-9-16)13-20-17-10-6-14(12-19)7-11-17/h4-11H,13H2,1-3H3. The summed E-state index contributed by atoms with van der Waals surface area (Å²) in [5.74, 6) is 0.781. The maximum Gasteiger partial charge on any atom is 0.119 e.